The van der Waals surface area contributed by atoms with E-state index in [-0.39, 0.29) is 12.4 Å². The molecule has 0 aliphatic rings. The maximum atomic E-state index is 12.8. The van der Waals surface area contributed by atoms with E-state index in [1.165, 1.54) is 11.3 Å². The summed E-state index contributed by atoms with van der Waals surface area (Å²) in [6.07, 6.45) is 0.517. The molecule has 6 nitrogen and oxygen atoms in total. The minimum Gasteiger partial charge on any atom is -0.482 e. The van der Waals surface area contributed by atoms with E-state index < -0.39 is 15.8 Å². The van der Waals surface area contributed by atoms with E-state index in [4.69, 9.17) is 21.4 Å². The Kier molecular flexibility index (Phi) is 9.49. The number of carboxylic acid groups (broad SMARTS) is 1. The van der Waals surface area contributed by atoms with Gasteiger partial charge in [0.05, 0.1) is 10.2 Å². The van der Waals surface area contributed by atoms with E-state index in [0.29, 0.717) is 32.4 Å². The zero-order valence-corrected chi connectivity index (χ0v) is 22.6. The largest absolute Gasteiger partial charge is 0.482 e. The third-order valence-corrected chi connectivity index (χ3v) is 10.8. The fourth-order valence-corrected chi connectivity index (χ4v) is 8.52. The maximum Gasteiger partial charge on any atom is 0.341 e. The van der Waals surface area contributed by atoms with Gasteiger partial charge in [0.2, 0.25) is 0 Å². The molecule has 178 valence electrons. The van der Waals surface area contributed by atoms with Gasteiger partial charge in [-0.3, -0.25) is 0 Å². The lowest BCUT2D eigenvalue weighted by molar-refractivity contribution is -0.139. The second-order valence-electron chi connectivity index (χ2n) is 7.22. The highest BCUT2D eigenvalue weighted by atomic mass is 79.9. The lowest BCUT2D eigenvalue weighted by Gasteiger charge is -2.09. The summed E-state index contributed by atoms with van der Waals surface area (Å²) in [6.45, 7) is 2.87. The molecule has 1 aromatic heterocycles. The van der Waals surface area contributed by atoms with E-state index in [0.717, 1.165) is 32.8 Å². The van der Waals surface area contributed by atoms with E-state index in [1.54, 1.807) is 30.0 Å². The van der Waals surface area contributed by atoms with Crippen LogP contribution in [0.25, 0.3) is 10.1 Å². The number of nitrogens with one attached hydrogen (secondary N) is 1. The molecule has 0 atom stereocenters. The van der Waals surface area contributed by atoms with Crippen molar-refractivity contribution in [2.45, 2.75) is 22.4 Å². The van der Waals surface area contributed by atoms with Crippen LogP contribution in [0.2, 0.25) is 5.02 Å². The van der Waals surface area contributed by atoms with Gasteiger partial charge in [0.25, 0.3) is 0 Å². The molecule has 0 saturated carbocycles. The molecule has 0 bridgehead atoms. The number of carbonyl (C=O) groups is 1. The van der Waals surface area contributed by atoms with Gasteiger partial charge in [-0.25, -0.2) is 13.2 Å². The number of thioether (sulfide) groups is 1. The first-order valence-corrected chi connectivity index (χ1v) is 14.7. The Morgan fingerprint density at radius 1 is 1.24 bits per heavy atom. The molecular weight excluding hydrogens is 570 g/mol. The first-order chi connectivity index (χ1) is 15.7. The SMILES string of the molecule is Cc1cc(SCCNCCCS(=O)(=O)c2sc3ccc(Cl)cc3c2Br)ccc1OCC(=O)O. The maximum absolute atomic E-state index is 12.8. The van der Waals surface area contributed by atoms with Crippen LogP contribution in [0.5, 0.6) is 5.75 Å². The summed E-state index contributed by atoms with van der Waals surface area (Å²) >= 11 is 12.4. The van der Waals surface area contributed by atoms with Crippen LogP contribution in [-0.2, 0) is 14.6 Å². The van der Waals surface area contributed by atoms with Crippen molar-refractivity contribution in [2.75, 3.05) is 31.2 Å². The number of carboxylic acids is 1. The van der Waals surface area contributed by atoms with Crippen LogP contribution >= 0.6 is 50.6 Å². The average molecular weight is 593 g/mol. The average Bonchev–Trinajstić information content (AvgIpc) is 3.09. The van der Waals surface area contributed by atoms with Gasteiger partial charge in [0.1, 0.15) is 9.96 Å². The zero-order valence-electron chi connectivity index (χ0n) is 17.8. The molecule has 3 rings (SSSR count). The van der Waals surface area contributed by atoms with Crippen LogP contribution in [0.4, 0.5) is 0 Å². The molecule has 2 N–H and O–H groups in total. The Labute approximate surface area is 214 Å². The molecule has 0 aliphatic heterocycles. The Bertz CT molecular complexity index is 1250. The Hall–Kier alpha value is -1.30. The first-order valence-electron chi connectivity index (χ1n) is 10.1. The van der Waals surface area contributed by atoms with E-state index >= 15 is 0 Å². The Balaban J connectivity index is 1.41. The molecule has 0 radical (unpaired) electrons. The highest BCUT2D eigenvalue weighted by Crippen LogP contribution is 2.40. The molecule has 0 spiro atoms. The van der Waals surface area contributed by atoms with Crippen molar-refractivity contribution < 1.29 is 23.1 Å². The molecular formula is C22H23BrClNO5S3. The Morgan fingerprint density at radius 2 is 2.03 bits per heavy atom. The summed E-state index contributed by atoms with van der Waals surface area (Å²) < 4.78 is 32.7. The van der Waals surface area contributed by atoms with E-state index in [2.05, 4.69) is 21.2 Å². The van der Waals surface area contributed by atoms with Gasteiger partial charge in [0.15, 0.2) is 16.4 Å². The molecule has 0 unspecified atom stereocenters. The minimum atomic E-state index is -3.39. The Morgan fingerprint density at radius 3 is 2.76 bits per heavy atom. The van der Waals surface area contributed by atoms with Crippen molar-refractivity contribution in [2.24, 2.45) is 0 Å². The van der Waals surface area contributed by atoms with Crippen LogP contribution in [0.1, 0.15) is 12.0 Å². The number of sulfone groups is 1. The smallest absolute Gasteiger partial charge is 0.341 e. The van der Waals surface area contributed by atoms with Crippen LogP contribution < -0.4 is 10.1 Å². The molecule has 0 amide bonds. The lowest BCUT2D eigenvalue weighted by atomic mass is 10.2. The number of hydrogen-bond acceptors (Lipinski definition) is 7. The summed E-state index contributed by atoms with van der Waals surface area (Å²) in [6, 6.07) is 11.0. The summed E-state index contributed by atoms with van der Waals surface area (Å²) in [5, 5.41) is 13.4. The van der Waals surface area contributed by atoms with Gasteiger partial charge in [-0.05, 0) is 77.8 Å². The number of aryl methyl sites for hydroxylation is 1. The zero-order chi connectivity index (χ0) is 24.0. The molecule has 1 heterocycles. The summed E-state index contributed by atoms with van der Waals surface area (Å²) in [5.41, 5.74) is 0.883. The highest BCUT2D eigenvalue weighted by molar-refractivity contribution is 9.10. The van der Waals surface area contributed by atoms with Crippen LogP contribution in [0.3, 0.4) is 0 Å². The number of ether oxygens (including phenoxy) is 1. The minimum absolute atomic E-state index is 0.0727. The summed E-state index contributed by atoms with van der Waals surface area (Å²) in [7, 11) is -3.39. The predicted octanol–water partition coefficient (Wildman–Crippen LogP) is 5.63. The van der Waals surface area contributed by atoms with Crippen molar-refractivity contribution >= 4 is 76.5 Å². The van der Waals surface area contributed by atoms with Crippen LogP contribution in [-0.4, -0.2) is 50.7 Å². The van der Waals surface area contributed by atoms with Gasteiger partial charge in [-0.1, -0.05) is 11.6 Å². The monoisotopic (exact) mass is 591 g/mol. The summed E-state index contributed by atoms with van der Waals surface area (Å²) in [5.74, 6) is 0.454. The number of benzene rings is 2. The fourth-order valence-electron chi connectivity index (χ4n) is 3.08. The molecule has 0 aliphatic carbocycles. The highest BCUT2D eigenvalue weighted by Gasteiger charge is 2.22. The second-order valence-corrected chi connectivity index (χ2v) is 13.0. The third-order valence-electron chi connectivity index (χ3n) is 4.65. The van der Waals surface area contributed by atoms with Crippen molar-refractivity contribution in [3.63, 3.8) is 0 Å². The number of aliphatic carboxylic acids is 1. The standard InChI is InChI=1S/C22H23BrClNO5S3/c1-14-11-16(4-5-18(14)30-13-20(26)27)31-9-8-25-7-2-10-33(28,29)22-21(23)17-12-15(24)3-6-19(17)32-22/h3-6,11-12,25H,2,7-10,13H2,1H3,(H,26,27). The molecule has 3 aromatic rings. The van der Waals surface area contributed by atoms with E-state index in [9.17, 15) is 13.2 Å². The van der Waals surface area contributed by atoms with Crippen LogP contribution in [0, 0.1) is 6.92 Å². The first kappa shape index (κ1) is 26.3. The topological polar surface area (TPSA) is 92.7 Å². The number of thiophene rings is 1. The van der Waals surface area contributed by atoms with Gasteiger partial charge in [0, 0.05) is 32.3 Å². The molecule has 11 heteroatoms. The molecule has 0 saturated heterocycles. The van der Waals surface area contributed by atoms with Gasteiger partial charge in [-0.15, -0.1) is 23.1 Å². The van der Waals surface area contributed by atoms with Crippen LogP contribution in [0.15, 0.2) is 50.0 Å². The predicted molar refractivity (Wildman–Crippen MR) is 139 cm³/mol. The molecule has 33 heavy (non-hydrogen) atoms. The van der Waals surface area contributed by atoms with Crippen molar-refractivity contribution in [3.05, 3.63) is 51.5 Å². The van der Waals surface area contributed by atoms with E-state index in [1.807, 2.05) is 25.1 Å². The van der Waals surface area contributed by atoms with Gasteiger partial charge < -0.3 is 15.2 Å². The molecule has 2 aromatic carbocycles. The number of rotatable bonds is 12. The molecule has 0 fully saturated rings. The fraction of sp³-hybridized carbons (Fsp3) is 0.318. The number of halogens is 2. The van der Waals surface area contributed by atoms with Gasteiger partial charge in [-0.2, -0.15) is 0 Å². The quantitative estimate of drug-likeness (QED) is 0.208. The second kappa shape index (κ2) is 11.9. The number of fused-ring (bicyclic) bond motifs is 1. The third kappa shape index (κ3) is 7.34. The lowest BCUT2D eigenvalue weighted by Crippen LogP contribution is -2.21. The number of hydrogen-bond donors (Lipinski definition) is 2. The normalized spacial score (nSPS) is 11.7. The van der Waals surface area contributed by atoms with Crippen molar-refractivity contribution in [1.29, 1.82) is 0 Å². The van der Waals surface area contributed by atoms with Crippen molar-refractivity contribution in [1.82, 2.24) is 5.32 Å². The van der Waals surface area contributed by atoms with Crippen molar-refractivity contribution in [3.8, 4) is 5.75 Å². The summed E-state index contributed by atoms with van der Waals surface area (Å²) in [4.78, 5) is 11.7. The van der Waals surface area contributed by atoms with Gasteiger partial charge >= 0.3 is 5.97 Å².